The van der Waals surface area contributed by atoms with Crippen molar-refractivity contribution in [1.82, 2.24) is 0 Å². The van der Waals surface area contributed by atoms with Crippen LogP contribution < -0.4 is 4.90 Å². The van der Waals surface area contributed by atoms with Crippen molar-refractivity contribution >= 4 is 44.7 Å². The van der Waals surface area contributed by atoms with Crippen molar-refractivity contribution in [3.8, 4) is 6.07 Å². The monoisotopic (exact) mass is 667 g/mol. The van der Waals surface area contributed by atoms with Crippen LogP contribution in [0, 0.1) is 17.9 Å². The number of nitrogens with zero attached hydrogens (tertiary/aromatic N) is 3. The first kappa shape index (κ1) is 32.1. The lowest BCUT2D eigenvalue weighted by Gasteiger charge is -2.39. The van der Waals surface area contributed by atoms with Crippen molar-refractivity contribution in [2.24, 2.45) is 0 Å². The van der Waals surface area contributed by atoms with E-state index in [-0.39, 0.29) is 5.70 Å². The number of hydrogen-bond acceptors (Lipinski definition) is 3. The van der Waals surface area contributed by atoms with Gasteiger partial charge in [-0.1, -0.05) is 146 Å². The smallest absolute Gasteiger partial charge is 0.265 e. The maximum Gasteiger partial charge on any atom is 0.265 e. The van der Waals surface area contributed by atoms with Gasteiger partial charge in [-0.05, 0) is 69.8 Å². The van der Waals surface area contributed by atoms with Crippen molar-refractivity contribution < 1.29 is 4.74 Å². The molecule has 0 amide bonds. The SMILES string of the molecule is [C-]#[N+]/C(C#N)=C1C=C(/C=C/c2ccc(N(c3ccc4ccccc4c3)c3cccc4ccccc34)cc2)OC(c2ccccc2)(c2ccccc2)C\1. The summed E-state index contributed by atoms with van der Waals surface area (Å²) >= 11 is 0. The molecule has 4 nitrogen and oxygen atoms in total. The molecule has 7 aromatic carbocycles. The third kappa shape index (κ3) is 6.11. The molecule has 0 radical (unpaired) electrons. The minimum atomic E-state index is -0.915. The van der Waals surface area contributed by atoms with Gasteiger partial charge < -0.3 is 9.64 Å². The predicted molar refractivity (Wildman–Crippen MR) is 212 cm³/mol. The highest BCUT2D eigenvalue weighted by Crippen LogP contribution is 2.46. The average Bonchev–Trinajstić information content (AvgIpc) is 3.22. The lowest BCUT2D eigenvalue weighted by Crippen LogP contribution is -2.34. The van der Waals surface area contributed by atoms with Gasteiger partial charge >= 0.3 is 0 Å². The van der Waals surface area contributed by atoms with Crippen LogP contribution in [0.5, 0.6) is 0 Å². The van der Waals surface area contributed by atoms with Gasteiger partial charge in [0.05, 0.1) is 18.3 Å². The van der Waals surface area contributed by atoms with Crippen LogP contribution in [-0.4, -0.2) is 0 Å². The zero-order valence-corrected chi connectivity index (χ0v) is 28.4. The molecule has 52 heavy (non-hydrogen) atoms. The van der Waals surface area contributed by atoms with E-state index >= 15 is 0 Å². The largest absolute Gasteiger partial charge is 0.478 e. The van der Waals surface area contributed by atoms with Crippen molar-refractivity contribution in [2.75, 3.05) is 4.90 Å². The van der Waals surface area contributed by atoms with Crippen LogP contribution in [0.1, 0.15) is 23.1 Å². The number of hydrogen-bond donors (Lipinski definition) is 0. The average molecular weight is 668 g/mol. The van der Waals surface area contributed by atoms with Gasteiger partial charge in [-0.2, -0.15) is 0 Å². The highest BCUT2D eigenvalue weighted by molar-refractivity contribution is 6.00. The summed E-state index contributed by atoms with van der Waals surface area (Å²) in [6, 6.07) is 60.6. The number of rotatable bonds is 7. The molecule has 0 saturated carbocycles. The van der Waals surface area contributed by atoms with E-state index < -0.39 is 5.60 Å². The number of nitriles is 1. The number of fused-ring (bicyclic) bond motifs is 2. The molecule has 1 aliphatic rings. The zero-order valence-electron chi connectivity index (χ0n) is 28.4. The van der Waals surface area contributed by atoms with Crippen LogP contribution in [0.15, 0.2) is 199 Å². The fourth-order valence-electron chi connectivity index (χ4n) is 7.12. The Morgan fingerprint density at radius 3 is 1.96 bits per heavy atom. The van der Waals surface area contributed by atoms with Crippen molar-refractivity contribution in [3.05, 3.63) is 227 Å². The number of allylic oxidation sites excluding steroid dienone is 3. The lowest BCUT2D eigenvalue weighted by atomic mass is 9.79. The van der Waals surface area contributed by atoms with Crippen LogP contribution >= 0.6 is 0 Å². The van der Waals surface area contributed by atoms with Crippen molar-refractivity contribution in [1.29, 1.82) is 5.26 Å². The highest BCUT2D eigenvalue weighted by Gasteiger charge is 2.40. The van der Waals surface area contributed by atoms with Crippen LogP contribution in [0.4, 0.5) is 17.1 Å². The predicted octanol–water partition coefficient (Wildman–Crippen LogP) is 12.4. The van der Waals surface area contributed by atoms with Gasteiger partial charge in [0.2, 0.25) is 0 Å². The Bertz CT molecular complexity index is 2530. The maximum absolute atomic E-state index is 9.92. The molecule has 0 fully saturated rings. The first-order valence-corrected chi connectivity index (χ1v) is 17.2. The first-order chi connectivity index (χ1) is 25.6. The Kier molecular flexibility index (Phi) is 8.64. The lowest BCUT2D eigenvalue weighted by molar-refractivity contribution is 0.0348. The van der Waals surface area contributed by atoms with E-state index in [1.54, 1.807) is 0 Å². The Balaban J connectivity index is 1.18. The quantitative estimate of drug-likeness (QED) is 0.125. The van der Waals surface area contributed by atoms with Crippen LogP contribution in [-0.2, 0) is 10.3 Å². The third-order valence-electron chi connectivity index (χ3n) is 9.64. The first-order valence-electron chi connectivity index (χ1n) is 17.2. The fourth-order valence-corrected chi connectivity index (χ4v) is 7.12. The summed E-state index contributed by atoms with van der Waals surface area (Å²) in [6.07, 6.45) is 6.13. The van der Waals surface area contributed by atoms with Crippen LogP contribution in [0.2, 0.25) is 0 Å². The Labute approximate surface area is 303 Å². The molecule has 4 heteroatoms. The van der Waals surface area contributed by atoms with Crippen LogP contribution in [0.25, 0.3) is 32.5 Å². The van der Waals surface area contributed by atoms with Gasteiger partial charge in [-0.25, -0.2) is 10.1 Å². The van der Waals surface area contributed by atoms with Crippen molar-refractivity contribution in [3.63, 3.8) is 0 Å². The third-order valence-corrected chi connectivity index (χ3v) is 9.64. The zero-order chi connectivity index (χ0) is 35.3. The Hall–Kier alpha value is -7.14. The van der Waals surface area contributed by atoms with Crippen molar-refractivity contribution in [2.45, 2.75) is 12.0 Å². The molecular weight excluding hydrogens is 635 g/mol. The molecular formula is C48H33N3O. The van der Waals surface area contributed by atoms with E-state index in [4.69, 9.17) is 11.3 Å². The van der Waals surface area contributed by atoms with E-state index in [0.29, 0.717) is 17.8 Å². The van der Waals surface area contributed by atoms with Gasteiger partial charge in [0.25, 0.3) is 5.70 Å². The van der Waals surface area contributed by atoms with Gasteiger partial charge in [0, 0.05) is 34.3 Å². The summed E-state index contributed by atoms with van der Waals surface area (Å²) in [5, 5.41) is 14.6. The standard InChI is InChI=1S/C48H33N3O/c1-50-46(34-49)39-32-44(52-48(33-39,40-17-4-2-5-18-40)41-19-6-3-7-20-41)30-25-35-23-27-42(28-24-35)51(43-29-26-36-13-8-9-15-38(36)31-43)47-22-12-16-37-14-10-11-21-45(37)47/h2-32H,33H2/b30-25+,46-39+. The molecule has 0 aliphatic carbocycles. The molecule has 0 unspecified atom stereocenters. The van der Waals surface area contributed by atoms with E-state index in [0.717, 1.165) is 33.8 Å². The second kappa shape index (κ2) is 14.0. The molecule has 7 aromatic rings. The minimum Gasteiger partial charge on any atom is -0.478 e. The molecule has 0 spiro atoms. The second-order valence-corrected chi connectivity index (χ2v) is 12.8. The molecule has 0 aromatic heterocycles. The summed E-state index contributed by atoms with van der Waals surface area (Å²) < 4.78 is 6.91. The summed E-state index contributed by atoms with van der Waals surface area (Å²) in [6.45, 7) is 7.75. The molecule has 0 bridgehead atoms. The van der Waals surface area contributed by atoms with Gasteiger partial charge in [-0.3, -0.25) is 0 Å². The summed E-state index contributed by atoms with van der Waals surface area (Å²) in [4.78, 5) is 5.90. The molecule has 8 rings (SSSR count). The van der Waals surface area contributed by atoms with Gasteiger partial charge in [0.15, 0.2) is 5.60 Å². The number of benzene rings is 7. The maximum atomic E-state index is 9.92. The number of anilines is 3. The molecule has 0 saturated heterocycles. The second-order valence-electron chi connectivity index (χ2n) is 12.8. The molecule has 1 aliphatic heterocycles. The van der Waals surface area contributed by atoms with Crippen LogP contribution in [0.3, 0.4) is 0 Å². The highest BCUT2D eigenvalue weighted by atomic mass is 16.5. The minimum absolute atomic E-state index is 0.0667. The fraction of sp³-hybridized carbons (Fsp3) is 0.0417. The van der Waals surface area contributed by atoms with E-state index in [1.165, 1.54) is 21.5 Å². The van der Waals surface area contributed by atoms with Gasteiger partial charge in [0.1, 0.15) is 5.76 Å². The normalized spacial score (nSPS) is 14.6. The summed E-state index contributed by atoms with van der Waals surface area (Å²) in [5.41, 5.74) is 5.89. The molecule has 246 valence electrons. The Morgan fingerprint density at radius 2 is 1.27 bits per heavy atom. The molecule has 0 atom stereocenters. The van der Waals surface area contributed by atoms with Gasteiger partial charge in [-0.15, -0.1) is 0 Å². The summed E-state index contributed by atoms with van der Waals surface area (Å²) in [5.74, 6) is 0.572. The molecule has 1 heterocycles. The topological polar surface area (TPSA) is 40.6 Å². The van der Waals surface area contributed by atoms with E-state index in [1.807, 2.05) is 78.9 Å². The Morgan fingerprint density at radius 1 is 0.654 bits per heavy atom. The summed E-state index contributed by atoms with van der Waals surface area (Å²) in [7, 11) is 0. The van der Waals surface area contributed by atoms with E-state index in [9.17, 15) is 5.26 Å². The number of ether oxygens (including phenoxy) is 1. The molecule has 0 N–H and O–H groups in total. The van der Waals surface area contributed by atoms with E-state index in [2.05, 4.69) is 125 Å².